The number of nitrogens with one attached hydrogen (secondary N) is 1. The van der Waals surface area contributed by atoms with Crippen molar-refractivity contribution < 1.29 is 14.1 Å². The number of carbonyl (C=O) groups excluding carboxylic acids is 2. The molecule has 0 saturated heterocycles. The molecule has 112 valence electrons. The van der Waals surface area contributed by atoms with Gasteiger partial charge in [0.2, 0.25) is 5.89 Å². The number of nitrogen functional groups attached to an aromatic ring is 1. The first-order chi connectivity index (χ1) is 10.0. The maximum absolute atomic E-state index is 11.8. The second-order valence-electron chi connectivity index (χ2n) is 4.20. The van der Waals surface area contributed by atoms with Gasteiger partial charge in [-0.2, -0.15) is 4.98 Å². The minimum absolute atomic E-state index is 0.120. The summed E-state index contributed by atoms with van der Waals surface area (Å²) in [6.45, 7) is 2.18. The van der Waals surface area contributed by atoms with Gasteiger partial charge in [-0.15, -0.1) is 11.3 Å². The molecule has 0 atom stereocenters. The Morgan fingerprint density at radius 2 is 2.24 bits per heavy atom. The molecule has 0 aliphatic heterocycles. The molecule has 5 N–H and O–H groups in total. The number of hydrogen-bond donors (Lipinski definition) is 3. The average molecular weight is 309 g/mol. The van der Waals surface area contributed by atoms with Gasteiger partial charge in [-0.05, 0) is 0 Å². The van der Waals surface area contributed by atoms with Gasteiger partial charge in [0.05, 0.1) is 16.1 Å². The maximum Gasteiger partial charge on any atom is 0.253 e. The fourth-order valence-electron chi connectivity index (χ4n) is 1.77. The first kappa shape index (κ1) is 15.0. The van der Waals surface area contributed by atoms with E-state index in [1.165, 1.54) is 6.33 Å². The Morgan fingerprint density at radius 1 is 1.48 bits per heavy atom. The van der Waals surface area contributed by atoms with Crippen LogP contribution in [-0.2, 0) is 6.42 Å². The van der Waals surface area contributed by atoms with E-state index in [1.54, 1.807) is 6.92 Å². The van der Waals surface area contributed by atoms with Crippen molar-refractivity contribution in [3.05, 3.63) is 22.7 Å². The van der Waals surface area contributed by atoms with Crippen LogP contribution in [0.1, 0.15) is 39.3 Å². The molecule has 9 heteroatoms. The molecule has 2 rings (SSSR count). The van der Waals surface area contributed by atoms with Gasteiger partial charge in [0.25, 0.3) is 5.91 Å². The summed E-state index contributed by atoms with van der Waals surface area (Å²) in [4.78, 5) is 27.6. The summed E-state index contributed by atoms with van der Waals surface area (Å²) in [6.07, 6.45) is 2.10. The van der Waals surface area contributed by atoms with Crippen molar-refractivity contribution in [3.8, 4) is 0 Å². The lowest BCUT2D eigenvalue weighted by Crippen LogP contribution is -2.15. The summed E-state index contributed by atoms with van der Waals surface area (Å²) < 4.78 is 4.87. The number of primary amides is 1. The van der Waals surface area contributed by atoms with Crippen LogP contribution in [0.5, 0.6) is 0 Å². The summed E-state index contributed by atoms with van der Waals surface area (Å²) in [6, 6.07) is 0. The van der Waals surface area contributed by atoms with Crippen molar-refractivity contribution in [2.45, 2.75) is 19.8 Å². The van der Waals surface area contributed by atoms with E-state index in [1.807, 2.05) is 0 Å². The lowest BCUT2D eigenvalue weighted by molar-refractivity contribution is 0.0991. The van der Waals surface area contributed by atoms with Crippen LogP contribution >= 0.6 is 11.3 Å². The van der Waals surface area contributed by atoms with Crippen LogP contribution < -0.4 is 16.8 Å². The summed E-state index contributed by atoms with van der Waals surface area (Å²) in [5.74, 6) is -0.318. The number of aromatic nitrogens is 2. The zero-order chi connectivity index (χ0) is 15.4. The first-order valence-electron chi connectivity index (χ1n) is 6.29. The Kier molecular flexibility index (Phi) is 4.53. The Morgan fingerprint density at radius 3 is 2.81 bits per heavy atom. The van der Waals surface area contributed by atoms with E-state index < -0.39 is 5.91 Å². The molecule has 8 nitrogen and oxygen atoms in total. The predicted octanol–water partition coefficient (Wildman–Crippen LogP) is 1.06. The number of amides is 1. The molecule has 0 aliphatic rings. The van der Waals surface area contributed by atoms with Crippen LogP contribution in [0.3, 0.4) is 0 Å². The third-order valence-corrected chi connectivity index (χ3v) is 4.00. The second-order valence-corrected chi connectivity index (χ2v) is 5.22. The predicted molar refractivity (Wildman–Crippen MR) is 78.4 cm³/mol. The maximum atomic E-state index is 11.8. The monoisotopic (exact) mass is 309 g/mol. The zero-order valence-electron chi connectivity index (χ0n) is 11.4. The number of carbonyl (C=O) groups is 2. The minimum atomic E-state index is -0.667. The van der Waals surface area contributed by atoms with Crippen LogP contribution in [-0.4, -0.2) is 28.4 Å². The SMILES string of the molecule is CCC(=O)c1sc(NCCc2ncno2)c(C(N)=O)c1N. The van der Waals surface area contributed by atoms with Gasteiger partial charge in [0, 0.05) is 19.4 Å². The molecular weight excluding hydrogens is 294 g/mol. The van der Waals surface area contributed by atoms with E-state index in [2.05, 4.69) is 15.5 Å². The Hall–Kier alpha value is -2.42. The molecule has 2 aromatic heterocycles. The van der Waals surface area contributed by atoms with Crippen molar-refractivity contribution >= 4 is 33.7 Å². The molecule has 0 fully saturated rings. The summed E-state index contributed by atoms with van der Waals surface area (Å²) in [5, 5.41) is 7.01. The Bertz CT molecular complexity index is 650. The molecule has 1 amide bonds. The van der Waals surface area contributed by atoms with Gasteiger partial charge < -0.3 is 21.3 Å². The smallest absolute Gasteiger partial charge is 0.253 e. The van der Waals surface area contributed by atoms with Gasteiger partial charge in [0.1, 0.15) is 5.00 Å². The number of Topliss-reactive ketones (excluding diaryl/α,β-unsaturated/α-hetero) is 1. The molecule has 21 heavy (non-hydrogen) atoms. The van der Waals surface area contributed by atoms with E-state index in [9.17, 15) is 9.59 Å². The Balaban J connectivity index is 2.17. The van der Waals surface area contributed by atoms with E-state index >= 15 is 0 Å². The van der Waals surface area contributed by atoms with Crippen LogP contribution in [0.4, 0.5) is 10.7 Å². The molecule has 0 saturated carbocycles. The van der Waals surface area contributed by atoms with E-state index in [-0.39, 0.29) is 17.0 Å². The molecule has 0 aliphatic carbocycles. The van der Waals surface area contributed by atoms with Crippen LogP contribution in [0.2, 0.25) is 0 Å². The number of rotatable bonds is 7. The number of anilines is 2. The molecule has 0 unspecified atom stereocenters. The highest BCUT2D eigenvalue weighted by Gasteiger charge is 2.23. The van der Waals surface area contributed by atoms with Gasteiger partial charge in [-0.3, -0.25) is 9.59 Å². The molecule has 0 radical (unpaired) electrons. The van der Waals surface area contributed by atoms with Crippen LogP contribution in [0.25, 0.3) is 0 Å². The highest BCUT2D eigenvalue weighted by molar-refractivity contribution is 7.19. The van der Waals surface area contributed by atoms with Gasteiger partial charge in [-0.25, -0.2) is 0 Å². The molecule has 0 aromatic carbocycles. The van der Waals surface area contributed by atoms with E-state index in [0.717, 1.165) is 11.3 Å². The lowest BCUT2D eigenvalue weighted by Gasteiger charge is -2.03. The summed E-state index contributed by atoms with van der Waals surface area (Å²) >= 11 is 1.13. The highest BCUT2D eigenvalue weighted by Crippen LogP contribution is 2.36. The molecule has 0 spiro atoms. The number of thiophene rings is 1. The van der Waals surface area contributed by atoms with E-state index in [4.69, 9.17) is 16.0 Å². The zero-order valence-corrected chi connectivity index (χ0v) is 12.2. The first-order valence-corrected chi connectivity index (χ1v) is 7.10. The normalized spacial score (nSPS) is 10.5. The minimum Gasteiger partial charge on any atom is -0.397 e. The molecule has 2 aromatic rings. The lowest BCUT2D eigenvalue weighted by atomic mass is 10.1. The van der Waals surface area contributed by atoms with Gasteiger partial charge >= 0.3 is 0 Å². The van der Waals surface area contributed by atoms with Crippen molar-refractivity contribution in [1.82, 2.24) is 10.1 Å². The standard InChI is InChI=1S/C12H15N5O3S/c1-2-6(18)10-9(13)8(11(14)19)12(21-10)15-4-3-7-16-5-17-20-7/h5,15H,2-4,13H2,1H3,(H2,14,19). The van der Waals surface area contributed by atoms with Crippen molar-refractivity contribution in [2.24, 2.45) is 5.73 Å². The quantitative estimate of drug-likeness (QED) is 0.650. The average Bonchev–Trinajstić information content (AvgIpc) is 3.06. The molecule has 2 heterocycles. The van der Waals surface area contributed by atoms with Crippen molar-refractivity contribution in [1.29, 1.82) is 0 Å². The highest BCUT2D eigenvalue weighted by atomic mass is 32.1. The summed E-state index contributed by atoms with van der Waals surface area (Å²) in [5.41, 5.74) is 11.5. The summed E-state index contributed by atoms with van der Waals surface area (Å²) in [7, 11) is 0. The largest absolute Gasteiger partial charge is 0.397 e. The van der Waals surface area contributed by atoms with Crippen molar-refractivity contribution in [2.75, 3.05) is 17.6 Å². The van der Waals surface area contributed by atoms with Crippen LogP contribution in [0.15, 0.2) is 10.9 Å². The van der Waals surface area contributed by atoms with E-state index in [0.29, 0.717) is 35.2 Å². The number of hydrogen-bond acceptors (Lipinski definition) is 8. The number of nitrogens with two attached hydrogens (primary N) is 2. The second kappa shape index (κ2) is 6.35. The fraction of sp³-hybridized carbons (Fsp3) is 0.333. The van der Waals surface area contributed by atoms with Gasteiger partial charge in [0.15, 0.2) is 12.1 Å². The number of nitrogens with zero attached hydrogens (tertiary/aromatic N) is 2. The topological polar surface area (TPSA) is 137 Å². The number of ketones is 1. The third-order valence-electron chi connectivity index (χ3n) is 2.80. The fourth-order valence-corrected chi connectivity index (χ4v) is 2.93. The van der Waals surface area contributed by atoms with Crippen LogP contribution in [0, 0.1) is 0 Å². The molecule has 0 bridgehead atoms. The third kappa shape index (κ3) is 3.19. The van der Waals surface area contributed by atoms with Crippen molar-refractivity contribution in [3.63, 3.8) is 0 Å². The molecular formula is C12H15N5O3S. The Labute approximate surface area is 124 Å². The van der Waals surface area contributed by atoms with Gasteiger partial charge in [-0.1, -0.05) is 12.1 Å².